The van der Waals surface area contributed by atoms with Gasteiger partial charge in [0.2, 0.25) is 0 Å². The summed E-state index contributed by atoms with van der Waals surface area (Å²) in [5.74, 6) is 0. The standard InChI is InChI=1S/C15H19N3O/c1-15(2,12-7-4-3-5-8-12)18-14(19)17-11-13-9-6-10-16-13/h3-10,16H,11H2,1-2H3,(H2,17,18,19). The van der Waals surface area contributed by atoms with Gasteiger partial charge in [-0.1, -0.05) is 30.3 Å². The minimum atomic E-state index is -0.402. The average molecular weight is 257 g/mol. The van der Waals surface area contributed by atoms with Crippen LogP contribution in [0.3, 0.4) is 0 Å². The summed E-state index contributed by atoms with van der Waals surface area (Å²) in [5.41, 5.74) is 1.65. The summed E-state index contributed by atoms with van der Waals surface area (Å²) in [4.78, 5) is 14.9. The molecule has 0 unspecified atom stereocenters. The smallest absolute Gasteiger partial charge is 0.315 e. The van der Waals surface area contributed by atoms with Crippen LogP contribution < -0.4 is 10.6 Å². The van der Waals surface area contributed by atoms with Gasteiger partial charge in [0.15, 0.2) is 0 Å². The minimum Gasteiger partial charge on any atom is -0.364 e. The lowest BCUT2D eigenvalue weighted by atomic mass is 9.95. The molecule has 0 spiro atoms. The van der Waals surface area contributed by atoms with Crippen molar-refractivity contribution in [1.29, 1.82) is 0 Å². The van der Waals surface area contributed by atoms with Crippen LogP contribution in [0, 0.1) is 0 Å². The SMILES string of the molecule is CC(C)(NC(=O)NCc1ccc[nH]1)c1ccccc1. The molecule has 3 N–H and O–H groups in total. The van der Waals surface area contributed by atoms with Gasteiger partial charge in [0.05, 0.1) is 12.1 Å². The summed E-state index contributed by atoms with van der Waals surface area (Å²) in [5, 5.41) is 5.80. The molecule has 0 saturated carbocycles. The highest BCUT2D eigenvalue weighted by atomic mass is 16.2. The number of amides is 2. The van der Waals surface area contributed by atoms with Crippen LogP contribution >= 0.6 is 0 Å². The van der Waals surface area contributed by atoms with E-state index in [0.717, 1.165) is 11.3 Å². The van der Waals surface area contributed by atoms with Gasteiger partial charge >= 0.3 is 6.03 Å². The summed E-state index contributed by atoms with van der Waals surface area (Å²) in [6.07, 6.45) is 1.84. The molecular weight excluding hydrogens is 238 g/mol. The topological polar surface area (TPSA) is 56.9 Å². The van der Waals surface area contributed by atoms with Crippen LogP contribution in [0.15, 0.2) is 48.7 Å². The number of rotatable bonds is 4. The molecule has 100 valence electrons. The lowest BCUT2D eigenvalue weighted by Gasteiger charge is -2.27. The van der Waals surface area contributed by atoms with E-state index >= 15 is 0 Å². The highest BCUT2D eigenvalue weighted by Crippen LogP contribution is 2.18. The van der Waals surface area contributed by atoms with Crippen molar-refractivity contribution in [2.75, 3.05) is 0 Å². The Morgan fingerprint density at radius 1 is 1.16 bits per heavy atom. The summed E-state index contributed by atoms with van der Waals surface area (Å²) in [6.45, 7) is 4.46. The van der Waals surface area contributed by atoms with Crippen molar-refractivity contribution in [1.82, 2.24) is 15.6 Å². The quantitative estimate of drug-likeness (QED) is 0.775. The predicted molar refractivity (Wildman–Crippen MR) is 75.6 cm³/mol. The maximum absolute atomic E-state index is 11.9. The van der Waals surface area contributed by atoms with Gasteiger partial charge in [0.25, 0.3) is 0 Å². The Labute approximate surface area is 113 Å². The molecule has 1 aromatic carbocycles. The van der Waals surface area contributed by atoms with Crippen LogP contribution in [0.4, 0.5) is 4.79 Å². The van der Waals surface area contributed by atoms with Crippen molar-refractivity contribution in [3.63, 3.8) is 0 Å². The van der Waals surface area contributed by atoms with Gasteiger partial charge in [-0.15, -0.1) is 0 Å². The Bertz CT molecular complexity index is 518. The first kappa shape index (κ1) is 13.2. The fourth-order valence-electron chi connectivity index (χ4n) is 1.91. The summed E-state index contributed by atoms with van der Waals surface area (Å²) >= 11 is 0. The summed E-state index contributed by atoms with van der Waals surface area (Å²) in [6, 6.07) is 13.6. The Morgan fingerprint density at radius 2 is 1.89 bits per heavy atom. The number of hydrogen-bond acceptors (Lipinski definition) is 1. The van der Waals surface area contributed by atoms with E-state index in [-0.39, 0.29) is 6.03 Å². The fraction of sp³-hybridized carbons (Fsp3) is 0.267. The third-order valence-corrected chi connectivity index (χ3v) is 3.02. The van der Waals surface area contributed by atoms with Crippen LogP contribution in [0.2, 0.25) is 0 Å². The van der Waals surface area contributed by atoms with Crippen molar-refractivity contribution in [3.8, 4) is 0 Å². The predicted octanol–water partition coefficient (Wildman–Crippen LogP) is 2.75. The van der Waals surface area contributed by atoms with Gasteiger partial charge in [-0.3, -0.25) is 0 Å². The second-order valence-electron chi connectivity index (χ2n) is 4.99. The van der Waals surface area contributed by atoms with E-state index in [9.17, 15) is 4.79 Å². The van der Waals surface area contributed by atoms with Crippen LogP contribution in [0.25, 0.3) is 0 Å². The Balaban J connectivity index is 1.91. The number of carbonyl (C=O) groups is 1. The molecule has 0 aliphatic carbocycles. The first-order valence-corrected chi connectivity index (χ1v) is 6.32. The average Bonchev–Trinajstić information content (AvgIpc) is 2.90. The molecule has 4 nitrogen and oxygen atoms in total. The molecule has 2 amide bonds. The molecule has 0 atom stereocenters. The van der Waals surface area contributed by atoms with Crippen molar-refractivity contribution in [2.45, 2.75) is 25.9 Å². The molecule has 0 saturated heterocycles. The van der Waals surface area contributed by atoms with E-state index in [1.54, 1.807) is 0 Å². The second-order valence-corrected chi connectivity index (χ2v) is 4.99. The van der Waals surface area contributed by atoms with Crippen molar-refractivity contribution < 1.29 is 4.79 Å². The van der Waals surface area contributed by atoms with Crippen LogP contribution in [0.1, 0.15) is 25.1 Å². The van der Waals surface area contributed by atoms with Gasteiger partial charge < -0.3 is 15.6 Å². The van der Waals surface area contributed by atoms with E-state index < -0.39 is 5.54 Å². The zero-order valence-electron chi connectivity index (χ0n) is 11.2. The largest absolute Gasteiger partial charge is 0.364 e. The van der Waals surface area contributed by atoms with Gasteiger partial charge in [-0.2, -0.15) is 0 Å². The number of benzene rings is 1. The van der Waals surface area contributed by atoms with E-state index in [2.05, 4.69) is 15.6 Å². The normalized spacial score (nSPS) is 11.1. The van der Waals surface area contributed by atoms with Gasteiger partial charge in [0, 0.05) is 11.9 Å². The van der Waals surface area contributed by atoms with E-state index in [4.69, 9.17) is 0 Å². The maximum atomic E-state index is 11.9. The lowest BCUT2D eigenvalue weighted by Crippen LogP contribution is -2.46. The number of aromatic nitrogens is 1. The van der Waals surface area contributed by atoms with Crippen LogP contribution in [-0.4, -0.2) is 11.0 Å². The molecule has 0 radical (unpaired) electrons. The zero-order valence-corrected chi connectivity index (χ0v) is 11.2. The first-order chi connectivity index (χ1) is 9.08. The highest BCUT2D eigenvalue weighted by molar-refractivity contribution is 5.74. The third-order valence-electron chi connectivity index (χ3n) is 3.02. The highest BCUT2D eigenvalue weighted by Gasteiger charge is 2.22. The Morgan fingerprint density at radius 3 is 2.53 bits per heavy atom. The molecule has 4 heteroatoms. The molecule has 0 bridgehead atoms. The number of urea groups is 1. The van der Waals surface area contributed by atoms with Crippen LogP contribution in [0.5, 0.6) is 0 Å². The second kappa shape index (κ2) is 5.61. The molecule has 0 fully saturated rings. The van der Waals surface area contributed by atoms with Gasteiger partial charge in [-0.05, 0) is 31.5 Å². The van der Waals surface area contributed by atoms with Crippen molar-refractivity contribution in [3.05, 3.63) is 59.9 Å². The number of nitrogens with one attached hydrogen (secondary N) is 3. The molecule has 1 heterocycles. The molecule has 2 aromatic rings. The van der Waals surface area contributed by atoms with Crippen molar-refractivity contribution >= 4 is 6.03 Å². The van der Waals surface area contributed by atoms with E-state index in [0.29, 0.717) is 6.54 Å². The van der Waals surface area contributed by atoms with Crippen molar-refractivity contribution in [2.24, 2.45) is 0 Å². The van der Waals surface area contributed by atoms with E-state index in [1.807, 2.05) is 62.5 Å². The number of hydrogen-bond donors (Lipinski definition) is 3. The number of aromatic amines is 1. The monoisotopic (exact) mass is 257 g/mol. The lowest BCUT2D eigenvalue weighted by molar-refractivity contribution is 0.229. The Hall–Kier alpha value is -2.23. The van der Waals surface area contributed by atoms with Gasteiger partial charge in [0.1, 0.15) is 0 Å². The molecule has 19 heavy (non-hydrogen) atoms. The minimum absolute atomic E-state index is 0.177. The maximum Gasteiger partial charge on any atom is 0.315 e. The summed E-state index contributed by atoms with van der Waals surface area (Å²) < 4.78 is 0. The molecule has 0 aliphatic rings. The van der Waals surface area contributed by atoms with Crippen LogP contribution in [-0.2, 0) is 12.1 Å². The number of carbonyl (C=O) groups excluding carboxylic acids is 1. The summed E-state index contributed by atoms with van der Waals surface area (Å²) in [7, 11) is 0. The molecular formula is C15H19N3O. The molecule has 0 aliphatic heterocycles. The fourth-order valence-corrected chi connectivity index (χ4v) is 1.91. The molecule has 2 rings (SSSR count). The van der Waals surface area contributed by atoms with E-state index in [1.165, 1.54) is 0 Å². The number of H-pyrrole nitrogens is 1. The first-order valence-electron chi connectivity index (χ1n) is 6.32. The van der Waals surface area contributed by atoms with Gasteiger partial charge in [-0.25, -0.2) is 4.79 Å². The molecule has 1 aromatic heterocycles. The zero-order chi connectivity index (χ0) is 13.7. The third kappa shape index (κ3) is 3.61. The Kier molecular flexibility index (Phi) is 3.90.